The first-order valence-corrected chi connectivity index (χ1v) is 9.04. The average molecular weight is 346 g/mol. The van der Waals surface area contributed by atoms with Gasteiger partial charge >= 0.3 is 0 Å². The highest BCUT2D eigenvalue weighted by Gasteiger charge is 2.28. The van der Waals surface area contributed by atoms with Crippen molar-refractivity contribution in [3.63, 3.8) is 0 Å². The minimum Gasteiger partial charge on any atom is -0.355 e. The van der Waals surface area contributed by atoms with Crippen LogP contribution in [0.5, 0.6) is 0 Å². The number of carbonyl (C=O) groups excluding carboxylic acids is 1. The number of hydrogen-bond donors (Lipinski definition) is 1. The predicted octanol–water partition coefficient (Wildman–Crippen LogP) is 5.18. The van der Waals surface area contributed by atoms with Crippen LogP contribution in [0.1, 0.15) is 39.7 Å². The van der Waals surface area contributed by atoms with Crippen molar-refractivity contribution in [1.29, 1.82) is 0 Å². The van der Waals surface area contributed by atoms with E-state index in [1.54, 1.807) is 0 Å². The van der Waals surface area contributed by atoms with Crippen LogP contribution >= 0.6 is 11.6 Å². The minimum atomic E-state index is -0.0846. The molecule has 2 nitrogen and oxygen atoms in total. The van der Waals surface area contributed by atoms with Crippen molar-refractivity contribution in [2.45, 2.75) is 40.5 Å². The second kappa shape index (κ2) is 8.02. The molecule has 1 N–H and O–H groups in total. The lowest BCUT2D eigenvalue weighted by Crippen LogP contribution is -2.36. The van der Waals surface area contributed by atoms with E-state index in [-0.39, 0.29) is 23.2 Å². The zero-order chi connectivity index (χ0) is 17.7. The summed E-state index contributed by atoms with van der Waals surface area (Å²) >= 11 is 6.16. The maximum atomic E-state index is 12.6. The van der Waals surface area contributed by atoms with Gasteiger partial charge in [-0.3, -0.25) is 4.79 Å². The van der Waals surface area contributed by atoms with Gasteiger partial charge in [0.15, 0.2) is 0 Å². The van der Waals surface area contributed by atoms with Crippen LogP contribution in [0.25, 0.3) is 0 Å². The Balaban J connectivity index is 1.90. The summed E-state index contributed by atoms with van der Waals surface area (Å²) in [6, 6.07) is 7.77. The molecule has 0 saturated carbocycles. The minimum absolute atomic E-state index is 0.0846. The number of benzene rings is 1. The Morgan fingerprint density at radius 2 is 1.96 bits per heavy atom. The number of halogens is 1. The number of allylic oxidation sites excluding steroid dienone is 3. The summed E-state index contributed by atoms with van der Waals surface area (Å²) in [6.07, 6.45) is 7.98. The van der Waals surface area contributed by atoms with Crippen molar-refractivity contribution in [3.05, 3.63) is 58.7 Å². The van der Waals surface area contributed by atoms with E-state index < -0.39 is 0 Å². The van der Waals surface area contributed by atoms with Gasteiger partial charge in [0, 0.05) is 11.6 Å². The van der Waals surface area contributed by atoms with E-state index >= 15 is 0 Å². The molecule has 1 aromatic rings. The van der Waals surface area contributed by atoms with E-state index in [2.05, 4.69) is 39.1 Å². The van der Waals surface area contributed by atoms with Crippen LogP contribution in [0, 0.1) is 17.3 Å². The summed E-state index contributed by atoms with van der Waals surface area (Å²) < 4.78 is 0. The molecule has 0 bridgehead atoms. The number of nitrogens with one attached hydrogen (secondary N) is 1. The molecule has 0 saturated heterocycles. The predicted molar refractivity (Wildman–Crippen MR) is 102 cm³/mol. The third-order valence-electron chi connectivity index (χ3n) is 4.44. The molecule has 0 radical (unpaired) electrons. The van der Waals surface area contributed by atoms with Crippen molar-refractivity contribution in [1.82, 2.24) is 5.32 Å². The fraction of sp³-hybridized carbons (Fsp3) is 0.476. The molecule has 1 amide bonds. The topological polar surface area (TPSA) is 29.1 Å². The lowest BCUT2D eigenvalue weighted by molar-refractivity contribution is -0.124. The first-order chi connectivity index (χ1) is 11.3. The number of rotatable bonds is 5. The number of amides is 1. The normalized spacial score (nSPS) is 20.6. The van der Waals surface area contributed by atoms with E-state index in [0.717, 1.165) is 23.4 Å². The molecule has 1 aliphatic rings. The Kier molecular flexibility index (Phi) is 6.28. The molecule has 2 unspecified atom stereocenters. The summed E-state index contributed by atoms with van der Waals surface area (Å²) in [5.74, 6) is 0.262. The molecule has 2 rings (SSSR count). The molecule has 0 aliphatic heterocycles. The Labute approximate surface area is 151 Å². The van der Waals surface area contributed by atoms with Gasteiger partial charge in [-0.1, -0.05) is 81.3 Å². The van der Waals surface area contributed by atoms with Crippen LogP contribution < -0.4 is 5.32 Å². The largest absolute Gasteiger partial charge is 0.355 e. The summed E-state index contributed by atoms with van der Waals surface area (Å²) in [4.78, 5) is 12.6. The molecular formula is C21H28ClNO. The monoisotopic (exact) mass is 345 g/mol. The maximum absolute atomic E-state index is 12.6. The second-order valence-electron chi connectivity index (χ2n) is 7.81. The van der Waals surface area contributed by atoms with Crippen LogP contribution in [0.15, 0.2) is 48.1 Å². The van der Waals surface area contributed by atoms with Crippen LogP contribution in [0.3, 0.4) is 0 Å². The fourth-order valence-corrected chi connectivity index (χ4v) is 3.36. The van der Waals surface area contributed by atoms with Crippen molar-refractivity contribution in [3.8, 4) is 0 Å². The zero-order valence-electron chi connectivity index (χ0n) is 15.1. The van der Waals surface area contributed by atoms with Gasteiger partial charge in [0.25, 0.3) is 0 Å². The van der Waals surface area contributed by atoms with Crippen LogP contribution in [0.2, 0.25) is 5.02 Å². The first-order valence-electron chi connectivity index (χ1n) is 8.66. The van der Waals surface area contributed by atoms with Crippen LogP contribution in [-0.4, -0.2) is 12.5 Å². The molecule has 2 atom stereocenters. The highest BCUT2D eigenvalue weighted by atomic mass is 35.5. The highest BCUT2D eigenvalue weighted by molar-refractivity contribution is 6.31. The van der Waals surface area contributed by atoms with Gasteiger partial charge in [-0.05, 0) is 35.8 Å². The molecule has 1 aromatic carbocycles. The van der Waals surface area contributed by atoms with Gasteiger partial charge in [-0.15, -0.1) is 0 Å². The Morgan fingerprint density at radius 3 is 2.62 bits per heavy atom. The standard InChI is InChI=1S/C21H28ClNO/c1-15-17(14-21(2,3)4)9-7-10-18(15)20(24)23-13-12-16-8-5-6-11-19(16)22/h5-11,15,18H,12-14H2,1-4H3,(H,23,24). The van der Waals surface area contributed by atoms with Crippen LogP contribution in [-0.2, 0) is 11.2 Å². The number of carbonyl (C=O) groups is 1. The lowest BCUT2D eigenvalue weighted by atomic mass is 9.76. The van der Waals surface area contributed by atoms with Gasteiger partial charge in [0.05, 0.1) is 5.92 Å². The highest BCUT2D eigenvalue weighted by Crippen LogP contribution is 2.34. The summed E-state index contributed by atoms with van der Waals surface area (Å²) in [6.45, 7) is 9.46. The fourth-order valence-electron chi connectivity index (χ4n) is 3.13. The molecular weight excluding hydrogens is 318 g/mol. The number of hydrogen-bond acceptors (Lipinski definition) is 1. The molecule has 1 aliphatic carbocycles. The third kappa shape index (κ3) is 5.24. The van der Waals surface area contributed by atoms with Crippen molar-refractivity contribution in [2.75, 3.05) is 6.54 Å². The quantitative estimate of drug-likeness (QED) is 0.782. The summed E-state index contributed by atoms with van der Waals surface area (Å²) in [5.41, 5.74) is 2.66. The van der Waals surface area contributed by atoms with E-state index in [4.69, 9.17) is 11.6 Å². The van der Waals surface area contributed by atoms with Gasteiger partial charge in [-0.2, -0.15) is 0 Å². The van der Waals surface area contributed by atoms with Gasteiger partial charge in [0.1, 0.15) is 0 Å². The van der Waals surface area contributed by atoms with Crippen molar-refractivity contribution < 1.29 is 4.79 Å². The smallest absolute Gasteiger partial charge is 0.227 e. The molecule has 3 heteroatoms. The third-order valence-corrected chi connectivity index (χ3v) is 4.81. The summed E-state index contributed by atoms with van der Waals surface area (Å²) in [5, 5.41) is 3.82. The lowest BCUT2D eigenvalue weighted by Gasteiger charge is -2.30. The van der Waals surface area contributed by atoms with Gasteiger partial charge in [0.2, 0.25) is 5.91 Å². The van der Waals surface area contributed by atoms with Gasteiger partial charge < -0.3 is 5.32 Å². The van der Waals surface area contributed by atoms with Gasteiger partial charge in [-0.25, -0.2) is 0 Å². The first kappa shape index (κ1) is 18.8. The Bertz CT molecular complexity index is 639. The van der Waals surface area contributed by atoms with E-state index in [0.29, 0.717) is 6.54 Å². The molecule has 0 fully saturated rings. The van der Waals surface area contributed by atoms with E-state index in [1.807, 2.05) is 36.4 Å². The maximum Gasteiger partial charge on any atom is 0.227 e. The summed E-state index contributed by atoms with van der Waals surface area (Å²) in [7, 11) is 0. The molecule has 0 spiro atoms. The zero-order valence-corrected chi connectivity index (χ0v) is 15.9. The van der Waals surface area contributed by atoms with E-state index in [9.17, 15) is 4.79 Å². The molecule has 24 heavy (non-hydrogen) atoms. The van der Waals surface area contributed by atoms with Crippen LogP contribution in [0.4, 0.5) is 0 Å². The average Bonchev–Trinajstić information content (AvgIpc) is 2.50. The van der Waals surface area contributed by atoms with E-state index in [1.165, 1.54) is 5.57 Å². The van der Waals surface area contributed by atoms with Crippen molar-refractivity contribution in [2.24, 2.45) is 17.3 Å². The molecule has 0 aromatic heterocycles. The van der Waals surface area contributed by atoms with Crippen molar-refractivity contribution >= 4 is 17.5 Å². The Hall–Kier alpha value is -1.54. The Morgan fingerprint density at radius 1 is 1.25 bits per heavy atom. The second-order valence-corrected chi connectivity index (χ2v) is 8.22. The SMILES string of the molecule is CC1C(CC(C)(C)C)=CC=CC1C(=O)NCCc1ccccc1Cl. The molecule has 0 heterocycles. The molecule has 130 valence electrons.